The van der Waals surface area contributed by atoms with Crippen molar-refractivity contribution in [1.82, 2.24) is 0 Å². The molecule has 0 aromatic heterocycles. The van der Waals surface area contributed by atoms with Gasteiger partial charge in [-0.25, -0.2) is 0 Å². The van der Waals surface area contributed by atoms with Gasteiger partial charge in [0.2, 0.25) is 0 Å². The van der Waals surface area contributed by atoms with E-state index in [1.165, 1.54) is 6.07 Å². The lowest BCUT2D eigenvalue weighted by Crippen LogP contribution is -2.27. The Morgan fingerprint density at radius 3 is 2.81 bits per heavy atom. The van der Waals surface area contributed by atoms with Gasteiger partial charge in [-0.3, -0.25) is 10.1 Å². The number of benzene rings is 1. The van der Waals surface area contributed by atoms with Crippen LogP contribution >= 0.6 is 0 Å². The minimum Gasteiger partial charge on any atom is -0.383 e. The quantitative estimate of drug-likeness (QED) is 0.591. The zero-order chi connectivity index (χ0) is 12.1. The third-order valence-corrected chi connectivity index (χ3v) is 2.50. The van der Waals surface area contributed by atoms with Crippen molar-refractivity contribution in [3.05, 3.63) is 33.9 Å². The van der Waals surface area contributed by atoms with Gasteiger partial charge in [-0.1, -0.05) is 13.0 Å². The Labute approximate surface area is 94.8 Å². The van der Waals surface area contributed by atoms with Crippen LogP contribution in [-0.4, -0.2) is 17.5 Å². The Kier molecular flexibility index (Phi) is 4.25. The second-order valence-electron chi connectivity index (χ2n) is 3.81. The number of nitrogens with two attached hydrogens (primary N) is 1. The molecule has 1 aromatic rings. The first-order valence-corrected chi connectivity index (χ1v) is 5.29. The maximum Gasteiger partial charge on any atom is 0.274 e. The van der Waals surface area contributed by atoms with Crippen LogP contribution in [0.3, 0.4) is 0 Å². The normalized spacial score (nSPS) is 12.2. The standard InChI is InChI=1S/C11H17N3O2/c1-3-9(12)7-13-10-5-4-8(2)11(6-10)14(15)16/h4-6,9,13H,3,7,12H2,1-2H3. The fourth-order valence-electron chi connectivity index (χ4n) is 1.31. The Hall–Kier alpha value is -1.62. The minimum atomic E-state index is -0.375. The highest BCUT2D eigenvalue weighted by Gasteiger charge is 2.10. The van der Waals surface area contributed by atoms with Crippen molar-refractivity contribution in [3.8, 4) is 0 Å². The topological polar surface area (TPSA) is 81.2 Å². The molecule has 0 spiro atoms. The van der Waals surface area contributed by atoms with Crippen molar-refractivity contribution < 1.29 is 4.92 Å². The number of rotatable bonds is 5. The molecule has 0 amide bonds. The summed E-state index contributed by atoms with van der Waals surface area (Å²) in [7, 11) is 0. The fraction of sp³-hybridized carbons (Fsp3) is 0.455. The lowest BCUT2D eigenvalue weighted by atomic mass is 10.1. The Bertz CT molecular complexity index is 379. The summed E-state index contributed by atoms with van der Waals surface area (Å²) in [5.41, 5.74) is 7.29. The molecule has 0 saturated heterocycles. The molecule has 0 saturated carbocycles. The fourth-order valence-corrected chi connectivity index (χ4v) is 1.31. The van der Waals surface area contributed by atoms with E-state index < -0.39 is 0 Å². The number of aryl methyl sites for hydroxylation is 1. The van der Waals surface area contributed by atoms with E-state index in [-0.39, 0.29) is 16.7 Å². The van der Waals surface area contributed by atoms with Crippen LogP contribution in [0.4, 0.5) is 11.4 Å². The van der Waals surface area contributed by atoms with Crippen LogP contribution in [0.1, 0.15) is 18.9 Å². The van der Waals surface area contributed by atoms with Crippen molar-refractivity contribution in [1.29, 1.82) is 0 Å². The Balaban J connectivity index is 2.75. The highest BCUT2D eigenvalue weighted by Crippen LogP contribution is 2.22. The molecule has 5 heteroatoms. The van der Waals surface area contributed by atoms with Gasteiger partial charge < -0.3 is 11.1 Å². The van der Waals surface area contributed by atoms with E-state index in [0.29, 0.717) is 12.1 Å². The van der Waals surface area contributed by atoms with Gasteiger partial charge in [0.05, 0.1) is 4.92 Å². The SMILES string of the molecule is CCC(N)CNc1ccc(C)c([N+](=O)[O-])c1. The van der Waals surface area contributed by atoms with Crippen LogP contribution in [0.15, 0.2) is 18.2 Å². The molecule has 1 unspecified atom stereocenters. The monoisotopic (exact) mass is 223 g/mol. The van der Waals surface area contributed by atoms with Gasteiger partial charge in [0, 0.05) is 29.9 Å². The predicted octanol–water partition coefficient (Wildman–Crippen LogP) is 2.05. The van der Waals surface area contributed by atoms with Crippen LogP contribution in [0, 0.1) is 17.0 Å². The third-order valence-electron chi connectivity index (χ3n) is 2.50. The average Bonchev–Trinajstić information content (AvgIpc) is 2.27. The lowest BCUT2D eigenvalue weighted by Gasteiger charge is -2.11. The van der Waals surface area contributed by atoms with Crippen LogP contribution in [0.2, 0.25) is 0 Å². The number of anilines is 1. The first-order valence-electron chi connectivity index (χ1n) is 5.29. The van der Waals surface area contributed by atoms with Crippen LogP contribution in [0.5, 0.6) is 0 Å². The average molecular weight is 223 g/mol. The molecule has 0 bridgehead atoms. The van der Waals surface area contributed by atoms with Crippen molar-refractivity contribution in [3.63, 3.8) is 0 Å². The largest absolute Gasteiger partial charge is 0.383 e. The first kappa shape index (κ1) is 12.4. The molecule has 0 fully saturated rings. The Morgan fingerprint density at radius 2 is 2.25 bits per heavy atom. The molecule has 3 N–H and O–H groups in total. The summed E-state index contributed by atoms with van der Waals surface area (Å²) in [6, 6.07) is 5.17. The van der Waals surface area contributed by atoms with Crippen LogP contribution < -0.4 is 11.1 Å². The van der Waals surface area contributed by atoms with Gasteiger partial charge in [-0.2, -0.15) is 0 Å². The second kappa shape index (κ2) is 5.46. The van der Waals surface area contributed by atoms with Crippen LogP contribution in [0.25, 0.3) is 0 Å². The van der Waals surface area contributed by atoms with E-state index in [1.54, 1.807) is 13.0 Å². The number of nitro groups is 1. The van der Waals surface area contributed by atoms with Crippen molar-refractivity contribution >= 4 is 11.4 Å². The molecular weight excluding hydrogens is 206 g/mol. The molecule has 1 aromatic carbocycles. The summed E-state index contributed by atoms with van der Waals surface area (Å²) in [6.45, 7) is 4.35. The van der Waals surface area contributed by atoms with Gasteiger partial charge >= 0.3 is 0 Å². The van der Waals surface area contributed by atoms with E-state index in [9.17, 15) is 10.1 Å². The van der Waals surface area contributed by atoms with E-state index >= 15 is 0 Å². The van der Waals surface area contributed by atoms with E-state index in [0.717, 1.165) is 12.1 Å². The predicted molar refractivity (Wildman–Crippen MR) is 64.6 cm³/mol. The van der Waals surface area contributed by atoms with Crippen molar-refractivity contribution in [2.75, 3.05) is 11.9 Å². The molecule has 88 valence electrons. The van der Waals surface area contributed by atoms with E-state index in [2.05, 4.69) is 5.32 Å². The number of hydrogen-bond acceptors (Lipinski definition) is 4. The summed E-state index contributed by atoms with van der Waals surface area (Å²) in [6.07, 6.45) is 0.876. The molecule has 16 heavy (non-hydrogen) atoms. The van der Waals surface area contributed by atoms with Crippen molar-refractivity contribution in [2.45, 2.75) is 26.3 Å². The summed E-state index contributed by atoms with van der Waals surface area (Å²) in [4.78, 5) is 10.3. The molecule has 1 atom stereocenters. The number of hydrogen-bond donors (Lipinski definition) is 2. The molecule has 0 aliphatic carbocycles. The molecule has 5 nitrogen and oxygen atoms in total. The van der Waals surface area contributed by atoms with Crippen LogP contribution in [-0.2, 0) is 0 Å². The summed E-state index contributed by atoms with van der Waals surface area (Å²) < 4.78 is 0. The third kappa shape index (κ3) is 3.20. The maximum atomic E-state index is 10.7. The smallest absolute Gasteiger partial charge is 0.274 e. The van der Waals surface area contributed by atoms with Gasteiger partial charge in [-0.15, -0.1) is 0 Å². The molecular formula is C11H17N3O2. The second-order valence-corrected chi connectivity index (χ2v) is 3.81. The summed E-state index contributed by atoms with van der Waals surface area (Å²) in [5, 5.41) is 13.8. The molecule has 1 rings (SSSR count). The minimum absolute atomic E-state index is 0.0698. The zero-order valence-electron chi connectivity index (χ0n) is 9.56. The number of nitro benzene ring substituents is 1. The summed E-state index contributed by atoms with van der Waals surface area (Å²) >= 11 is 0. The lowest BCUT2D eigenvalue weighted by molar-refractivity contribution is -0.385. The van der Waals surface area contributed by atoms with Gasteiger partial charge in [0.15, 0.2) is 0 Å². The number of nitrogens with one attached hydrogen (secondary N) is 1. The molecule has 0 heterocycles. The van der Waals surface area contributed by atoms with E-state index in [4.69, 9.17) is 5.73 Å². The molecule has 0 aliphatic heterocycles. The van der Waals surface area contributed by atoms with Gasteiger partial charge in [0.1, 0.15) is 0 Å². The molecule has 0 aliphatic rings. The van der Waals surface area contributed by atoms with Crippen molar-refractivity contribution in [2.24, 2.45) is 5.73 Å². The first-order chi connectivity index (χ1) is 7.54. The molecule has 0 radical (unpaired) electrons. The zero-order valence-corrected chi connectivity index (χ0v) is 9.56. The summed E-state index contributed by atoms with van der Waals surface area (Å²) in [5.74, 6) is 0. The van der Waals surface area contributed by atoms with Gasteiger partial charge in [0.25, 0.3) is 5.69 Å². The highest BCUT2D eigenvalue weighted by atomic mass is 16.6. The Morgan fingerprint density at radius 1 is 1.56 bits per heavy atom. The van der Waals surface area contributed by atoms with E-state index in [1.807, 2.05) is 13.0 Å². The maximum absolute atomic E-state index is 10.7. The number of nitrogens with zero attached hydrogens (tertiary/aromatic N) is 1. The highest BCUT2D eigenvalue weighted by molar-refractivity contribution is 5.54. The van der Waals surface area contributed by atoms with Gasteiger partial charge in [-0.05, 0) is 19.4 Å².